The number of pyridine rings is 1. The second-order valence-corrected chi connectivity index (χ2v) is 8.09. The highest BCUT2D eigenvalue weighted by atomic mass is 35.5. The van der Waals surface area contributed by atoms with Crippen molar-refractivity contribution in [2.45, 2.75) is 16.7 Å². The number of thiophene rings is 1. The second kappa shape index (κ2) is 5.92. The topological polar surface area (TPSA) is 62.3 Å². The minimum absolute atomic E-state index is 0.129. The van der Waals surface area contributed by atoms with Gasteiger partial charge >= 0.3 is 0 Å². The van der Waals surface area contributed by atoms with Crippen LogP contribution in [0.1, 0.15) is 6.42 Å². The summed E-state index contributed by atoms with van der Waals surface area (Å²) in [6.07, 6.45) is 2.42. The van der Waals surface area contributed by atoms with E-state index in [0.717, 1.165) is 13.0 Å². The Morgan fingerprint density at radius 2 is 2.24 bits per heavy atom. The Morgan fingerprint density at radius 1 is 1.38 bits per heavy atom. The average molecular weight is 344 g/mol. The van der Waals surface area contributed by atoms with Crippen molar-refractivity contribution in [3.05, 3.63) is 40.9 Å². The third-order valence-electron chi connectivity index (χ3n) is 3.31. The van der Waals surface area contributed by atoms with Crippen molar-refractivity contribution >= 4 is 38.8 Å². The smallest absolute Gasteiger partial charge is 0.250 e. The zero-order valence-electron chi connectivity index (χ0n) is 11.1. The van der Waals surface area contributed by atoms with Gasteiger partial charge in [-0.1, -0.05) is 17.7 Å². The molecule has 3 heterocycles. The van der Waals surface area contributed by atoms with Crippen molar-refractivity contribution in [1.82, 2.24) is 9.71 Å². The lowest BCUT2D eigenvalue weighted by Crippen LogP contribution is -2.36. The molecule has 1 saturated heterocycles. The number of aromatic nitrogens is 1. The maximum atomic E-state index is 12.2. The highest BCUT2D eigenvalue weighted by molar-refractivity contribution is 7.91. The molecule has 0 bridgehead atoms. The molecule has 5 nitrogen and oxygen atoms in total. The summed E-state index contributed by atoms with van der Waals surface area (Å²) in [6, 6.07) is 6.77. The quantitative estimate of drug-likeness (QED) is 0.925. The van der Waals surface area contributed by atoms with Gasteiger partial charge < -0.3 is 4.90 Å². The van der Waals surface area contributed by atoms with E-state index >= 15 is 0 Å². The molecule has 1 aliphatic heterocycles. The van der Waals surface area contributed by atoms with Crippen LogP contribution in [0.2, 0.25) is 5.02 Å². The maximum Gasteiger partial charge on any atom is 0.250 e. The number of nitrogens with zero attached hydrogens (tertiary/aromatic N) is 2. The lowest BCUT2D eigenvalue weighted by atomic mass is 10.3. The van der Waals surface area contributed by atoms with Gasteiger partial charge in [-0.15, -0.1) is 11.3 Å². The van der Waals surface area contributed by atoms with Crippen LogP contribution >= 0.6 is 22.9 Å². The fraction of sp³-hybridized carbons (Fsp3) is 0.308. The molecule has 0 aliphatic carbocycles. The predicted octanol–water partition coefficient (Wildman–Crippen LogP) is 2.35. The Labute approximate surface area is 132 Å². The van der Waals surface area contributed by atoms with Crippen molar-refractivity contribution < 1.29 is 8.42 Å². The molecule has 3 rings (SSSR count). The monoisotopic (exact) mass is 343 g/mol. The van der Waals surface area contributed by atoms with E-state index in [1.165, 1.54) is 11.3 Å². The molecule has 1 N–H and O–H groups in total. The highest BCUT2D eigenvalue weighted by Crippen LogP contribution is 2.26. The van der Waals surface area contributed by atoms with E-state index in [-0.39, 0.29) is 6.04 Å². The van der Waals surface area contributed by atoms with Crippen LogP contribution in [0.25, 0.3) is 0 Å². The van der Waals surface area contributed by atoms with Gasteiger partial charge in [0.2, 0.25) is 10.0 Å². The lowest BCUT2D eigenvalue weighted by molar-refractivity contribution is 0.563. The molecule has 21 heavy (non-hydrogen) atoms. The largest absolute Gasteiger partial charge is 0.354 e. The summed E-state index contributed by atoms with van der Waals surface area (Å²) >= 11 is 7.34. The first kappa shape index (κ1) is 14.8. The average Bonchev–Trinajstić information content (AvgIpc) is 3.10. The van der Waals surface area contributed by atoms with E-state index in [1.807, 2.05) is 4.90 Å². The molecule has 0 aromatic carbocycles. The summed E-state index contributed by atoms with van der Waals surface area (Å²) in [5.74, 6) is 0.706. The van der Waals surface area contributed by atoms with Crippen LogP contribution in [0.15, 0.2) is 40.1 Å². The van der Waals surface area contributed by atoms with E-state index < -0.39 is 10.0 Å². The van der Waals surface area contributed by atoms with Gasteiger partial charge in [0.05, 0.1) is 5.02 Å². The van der Waals surface area contributed by atoms with Crippen LogP contribution in [0, 0.1) is 0 Å². The van der Waals surface area contributed by atoms with Gasteiger partial charge in [-0.25, -0.2) is 18.1 Å². The molecule has 1 atom stereocenters. The second-order valence-electron chi connectivity index (χ2n) is 4.79. The Balaban J connectivity index is 1.70. The minimum Gasteiger partial charge on any atom is -0.354 e. The fourth-order valence-electron chi connectivity index (χ4n) is 2.35. The van der Waals surface area contributed by atoms with Crippen molar-refractivity contribution in [2.75, 3.05) is 18.0 Å². The fourth-order valence-corrected chi connectivity index (χ4v) is 4.87. The lowest BCUT2D eigenvalue weighted by Gasteiger charge is -2.18. The van der Waals surface area contributed by atoms with Crippen molar-refractivity contribution in [2.24, 2.45) is 0 Å². The van der Waals surface area contributed by atoms with Crippen LogP contribution in [0.5, 0.6) is 0 Å². The predicted molar refractivity (Wildman–Crippen MR) is 84.5 cm³/mol. The molecule has 2 aromatic rings. The number of hydrogen-bond acceptors (Lipinski definition) is 5. The van der Waals surface area contributed by atoms with Gasteiger partial charge in [-0.2, -0.15) is 0 Å². The van der Waals surface area contributed by atoms with Gasteiger partial charge in [0.1, 0.15) is 10.0 Å². The van der Waals surface area contributed by atoms with Gasteiger partial charge in [0, 0.05) is 25.3 Å². The summed E-state index contributed by atoms with van der Waals surface area (Å²) in [6.45, 7) is 1.30. The first-order chi connectivity index (χ1) is 10.1. The molecule has 2 aromatic heterocycles. The van der Waals surface area contributed by atoms with Crippen molar-refractivity contribution in [3.63, 3.8) is 0 Å². The van der Waals surface area contributed by atoms with E-state index in [4.69, 9.17) is 11.6 Å². The minimum atomic E-state index is -3.43. The Morgan fingerprint density at radius 3 is 2.95 bits per heavy atom. The summed E-state index contributed by atoms with van der Waals surface area (Å²) < 4.78 is 27.5. The van der Waals surface area contributed by atoms with Crippen LogP contribution in [0.4, 0.5) is 5.82 Å². The zero-order valence-corrected chi connectivity index (χ0v) is 13.5. The molecule has 8 heteroatoms. The molecule has 0 saturated carbocycles. The summed E-state index contributed by atoms with van der Waals surface area (Å²) in [7, 11) is -3.43. The van der Waals surface area contributed by atoms with Crippen LogP contribution in [-0.2, 0) is 10.0 Å². The van der Waals surface area contributed by atoms with Crippen molar-refractivity contribution in [1.29, 1.82) is 0 Å². The Hall–Kier alpha value is -1.15. The first-order valence-electron chi connectivity index (χ1n) is 6.47. The number of nitrogens with one attached hydrogen (secondary N) is 1. The third kappa shape index (κ3) is 3.21. The maximum absolute atomic E-state index is 12.2. The molecular formula is C13H14ClN3O2S2. The SMILES string of the molecule is O=S(=O)(NC1CCN(c2ncccc2Cl)C1)c1cccs1. The summed E-state index contributed by atoms with van der Waals surface area (Å²) in [5.41, 5.74) is 0. The van der Waals surface area contributed by atoms with Gasteiger partial charge in [0.25, 0.3) is 0 Å². The van der Waals surface area contributed by atoms with Gasteiger partial charge in [-0.3, -0.25) is 0 Å². The molecule has 112 valence electrons. The summed E-state index contributed by atoms with van der Waals surface area (Å²) in [5, 5.41) is 2.34. The zero-order chi connectivity index (χ0) is 14.9. The Bertz CT molecular complexity index is 719. The number of halogens is 1. The first-order valence-corrected chi connectivity index (χ1v) is 9.21. The molecular weight excluding hydrogens is 330 g/mol. The van der Waals surface area contributed by atoms with Crippen molar-refractivity contribution in [3.8, 4) is 0 Å². The molecule has 1 fully saturated rings. The normalized spacial score (nSPS) is 19.1. The molecule has 0 amide bonds. The summed E-state index contributed by atoms with van der Waals surface area (Å²) in [4.78, 5) is 6.26. The number of rotatable bonds is 4. The molecule has 0 spiro atoms. The van der Waals surface area contributed by atoms with E-state index in [0.29, 0.717) is 21.6 Å². The Kier molecular flexibility index (Phi) is 4.17. The third-order valence-corrected chi connectivity index (χ3v) is 6.52. The van der Waals surface area contributed by atoms with Crippen LogP contribution in [0.3, 0.4) is 0 Å². The van der Waals surface area contributed by atoms with Gasteiger partial charge in [-0.05, 0) is 30.0 Å². The molecule has 1 unspecified atom stereocenters. The van der Waals surface area contributed by atoms with Gasteiger partial charge in [0.15, 0.2) is 0 Å². The number of anilines is 1. The highest BCUT2D eigenvalue weighted by Gasteiger charge is 2.29. The standard InChI is InChI=1S/C13H14ClN3O2S2/c14-11-3-1-6-15-13(11)17-7-5-10(9-17)16-21(18,19)12-4-2-8-20-12/h1-4,6,8,10,16H,5,7,9H2. The van der Waals surface area contributed by atoms with E-state index in [1.54, 1.807) is 35.8 Å². The van der Waals surface area contributed by atoms with Crippen LogP contribution in [-0.4, -0.2) is 32.5 Å². The number of hydrogen-bond donors (Lipinski definition) is 1. The van der Waals surface area contributed by atoms with E-state index in [9.17, 15) is 8.42 Å². The van der Waals surface area contributed by atoms with Crippen LogP contribution < -0.4 is 9.62 Å². The van der Waals surface area contributed by atoms with E-state index in [2.05, 4.69) is 9.71 Å². The molecule has 1 aliphatic rings. The number of sulfonamides is 1. The molecule has 0 radical (unpaired) electrons.